The van der Waals surface area contributed by atoms with Crippen LogP contribution in [0, 0.1) is 30.6 Å². The lowest BCUT2D eigenvalue weighted by Crippen LogP contribution is -2.60. The number of ether oxygens (including phenoxy) is 6. The Hall–Kier alpha value is -2.78. The average Bonchev–Trinajstić information content (AvgIpc) is 3.14. The third-order valence-corrected chi connectivity index (χ3v) is 11.7. The number of hydrogen-bond acceptors (Lipinski definition) is 13. The normalized spacial score (nSPS) is 39.8. The van der Waals surface area contributed by atoms with E-state index in [2.05, 4.69) is 21.6 Å². The summed E-state index contributed by atoms with van der Waals surface area (Å²) in [5, 5.41) is 16.7. The zero-order valence-corrected chi connectivity index (χ0v) is 34.5. The maximum absolute atomic E-state index is 14.4. The number of likely N-dealkylation sites (N-methyl/N-ethyl adjacent to an activating group) is 1. The highest BCUT2D eigenvalue weighted by Crippen LogP contribution is 2.42. The molecule has 3 aliphatic rings. The number of Topliss-reactive ketones (excluding diaryl/α,β-unsaturated/α-hetero) is 1. The summed E-state index contributed by atoms with van der Waals surface area (Å²) in [5.41, 5.74) is 0.0643. The average molecular weight is 760 g/mol. The number of hydrogen-bond donors (Lipinski definition) is 1. The Bertz CT molecular complexity index is 1470. The number of esters is 1. The topological polar surface area (TPSA) is 147 Å². The minimum absolute atomic E-state index is 0.0320. The van der Waals surface area contributed by atoms with Crippen LogP contribution in [0.5, 0.6) is 0 Å². The molecule has 304 valence electrons. The molecule has 1 aromatic rings. The van der Waals surface area contributed by atoms with Crippen molar-refractivity contribution in [3.63, 3.8) is 0 Å². The lowest BCUT2D eigenvalue weighted by molar-refractivity contribution is -0.300. The Kier molecular flexibility index (Phi) is 15.0. The summed E-state index contributed by atoms with van der Waals surface area (Å²) in [6.07, 6.45) is -1.25. The summed E-state index contributed by atoms with van der Waals surface area (Å²) in [6, 6.07) is 3.79. The van der Waals surface area contributed by atoms with Crippen LogP contribution in [0.4, 0.5) is 0 Å². The molecule has 3 aliphatic heterocycles. The van der Waals surface area contributed by atoms with Crippen molar-refractivity contribution in [3.05, 3.63) is 41.7 Å². The Balaban J connectivity index is 1.87. The van der Waals surface area contributed by atoms with Crippen molar-refractivity contribution in [2.45, 2.75) is 142 Å². The van der Waals surface area contributed by atoms with Crippen molar-refractivity contribution >= 4 is 17.5 Å². The number of cyclic esters (lactones) is 1. The first-order chi connectivity index (χ1) is 25.3. The smallest absolute Gasteiger partial charge is 0.316 e. The minimum Gasteiger partial charge on any atom is -0.459 e. The van der Waals surface area contributed by atoms with E-state index in [-0.39, 0.29) is 50.1 Å². The van der Waals surface area contributed by atoms with Gasteiger partial charge in [-0.3, -0.25) is 14.6 Å². The van der Waals surface area contributed by atoms with Gasteiger partial charge in [0.25, 0.3) is 0 Å². The van der Waals surface area contributed by atoms with Crippen molar-refractivity contribution in [1.29, 1.82) is 0 Å². The van der Waals surface area contributed by atoms with E-state index in [1.807, 2.05) is 67.8 Å². The van der Waals surface area contributed by atoms with Gasteiger partial charge in [0.1, 0.15) is 36.0 Å². The van der Waals surface area contributed by atoms with Gasteiger partial charge in [-0.1, -0.05) is 51.1 Å². The summed E-state index contributed by atoms with van der Waals surface area (Å²) in [7, 11) is 5.61. The number of pyridine rings is 1. The molecule has 13 heteroatoms. The van der Waals surface area contributed by atoms with E-state index in [1.54, 1.807) is 27.2 Å². The summed E-state index contributed by atoms with van der Waals surface area (Å²) in [6.45, 7) is 21.1. The molecule has 0 amide bonds. The van der Waals surface area contributed by atoms with E-state index in [4.69, 9.17) is 33.3 Å². The molecule has 1 N–H and O–H groups in total. The second-order valence-corrected chi connectivity index (χ2v) is 16.4. The van der Waals surface area contributed by atoms with Crippen LogP contribution in [-0.2, 0) is 49.5 Å². The van der Waals surface area contributed by atoms with Crippen LogP contribution >= 0.6 is 0 Å². The highest BCUT2D eigenvalue weighted by molar-refractivity contribution is 6.00. The molecule has 0 aliphatic carbocycles. The molecule has 0 saturated carbocycles. The number of oxime groups is 1. The lowest BCUT2D eigenvalue weighted by atomic mass is 9.73. The second-order valence-electron chi connectivity index (χ2n) is 16.4. The predicted octanol–water partition coefficient (Wildman–Crippen LogP) is 5.05. The van der Waals surface area contributed by atoms with Crippen molar-refractivity contribution in [1.82, 2.24) is 9.88 Å². The molecule has 4 rings (SSSR count). The Morgan fingerprint density at radius 1 is 1.09 bits per heavy atom. The second kappa shape index (κ2) is 18.4. The minimum atomic E-state index is -1.68. The van der Waals surface area contributed by atoms with Crippen LogP contribution < -0.4 is 0 Å². The number of aromatic nitrogens is 1. The highest BCUT2D eigenvalue weighted by Gasteiger charge is 2.52. The zero-order valence-electron chi connectivity index (χ0n) is 34.5. The molecule has 0 spiro atoms. The lowest BCUT2D eigenvalue weighted by Gasteiger charge is -2.48. The third kappa shape index (κ3) is 9.96. The van der Waals surface area contributed by atoms with Crippen molar-refractivity contribution in [2.75, 3.05) is 34.4 Å². The Labute approximate surface area is 322 Å². The van der Waals surface area contributed by atoms with Gasteiger partial charge in [0.05, 0.1) is 37.1 Å². The predicted molar refractivity (Wildman–Crippen MR) is 204 cm³/mol. The number of ketones is 1. The largest absolute Gasteiger partial charge is 0.459 e. The first-order valence-corrected chi connectivity index (χ1v) is 19.3. The van der Waals surface area contributed by atoms with E-state index in [0.29, 0.717) is 12.1 Å². The maximum atomic E-state index is 14.4. The summed E-state index contributed by atoms with van der Waals surface area (Å²) < 4.78 is 38.9. The van der Waals surface area contributed by atoms with Crippen molar-refractivity contribution in [3.8, 4) is 0 Å². The van der Waals surface area contributed by atoms with E-state index in [1.165, 1.54) is 6.92 Å². The molecule has 4 heterocycles. The fraction of sp³-hybridized carbons (Fsp3) is 0.756. The molecule has 1 aromatic heterocycles. The molecular weight excluding hydrogens is 694 g/mol. The maximum Gasteiger partial charge on any atom is 0.316 e. The zero-order chi connectivity index (χ0) is 40.1. The van der Waals surface area contributed by atoms with Crippen LogP contribution in [0.2, 0.25) is 0 Å². The number of fused-ring (bicyclic) bond motifs is 5. The van der Waals surface area contributed by atoms with E-state index < -0.39 is 65.6 Å². The number of carbonyl (C=O) groups excluding carboxylic acids is 2. The molecular formula is C41H65N3O10. The molecule has 0 radical (unpaired) electrons. The summed E-state index contributed by atoms with van der Waals surface area (Å²) >= 11 is 0. The molecule has 3 saturated heterocycles. The Morgan fingerprint density at radius 2 is 1.80 bits per heavy atom. The van der Waals surface area contributed by atoms with Crippen LogP contribution in [0.15, 0.2) is 35.6 Å². The van der Waals surface area contributed by atoms with Crippen molar-refractivity contribution < 1.29 is 48.0 Å². The standard InChI is InChI=1S/C41H65N3O10/c1-14-33-41(10,47)37-27(6)26(5)23(2)18-40(9,50-22-31(21-49-37)43-51-20-30-16-15-24(3)42-19-30)36(28(7)34(45)29(8)38(46)53-33)54-39-35(48-13)32(44(11)12)17-25(4)52-39/h15-16,19,23,25,27-29,32-33,35-37,39,47H,5,14,17-18,20-22H2,1-4,6-13H3/b43-31+/t23-,25-,27+,28+,29?,32+,33-,35-,36-,37-,39+,40-,41-/m1/s1. The first kappa shape index (κ1) is 43.9. The van der Waals surface area contributed by atoms with E-state index in [0.717, 1.165) is 23.3 Å². The third-order valence-electron chi connectivity index (χ3n) is 11.7. The molecule has 13 atom stereocenters. The van der Waals surface area contributed by atoms with Gasteiger partial charge in [0.2, 0.25) is 0 Å². The summed E-state index contributed by atoms with van der Waals surface area (Å²) in [4.78, 5) is 40.5. The molecule has 54 heavy (non-hydrogen) atoms. The number of aliphatic hydroxyl groups is 1. The number of aryl methyl sites for hydroxylation is 1. The van der Waals surface area contributed by atoms with Gasteiger partial charge in [-0.2, -0.15) is 0 Å². The van der Waals surface area contributed by atoms with Crippen LogP contribution in [0.25, 0.3) is 0 Å². The van der Waals surface area contributed by atoms with Gasteiger partial charge in [-0.25, -0.2) is 0 Å². The van der Waals surface area contributed by atoms with Gasteiger partial charge in [-0.15, -0.1) is 0 Å². The molecule has 0 aromatic carbocycles. The highest BCUT2D eigenvalue weighted by atomic mass is 16.7. The molecule has 13 nitrogen and oxygen atoms in total. The van der Waals surface area contributed by atoms with Crippen LogP contribution in [0.1, 0.15) is 85.9 Å². The monoisotopic (exact) mass is 759 g/mol. The van der Waals surface area contributed by atoms with Crippen LogP contribution in [-0.4, -0.2) is 121 Å². The summed E-state index contributed by atoms with van der Waals surface area (Å²) in [5.74, 6) is -3.79. The number of rotatable bonds is 8. The van der Waals surface area contributed by atoms with Gasteiger partial charge < -0.3 is 43.3 Å². The van der Waals surface area contributed by atoms with Gasteiger partial charge in [-0.05, 0) is 80.0 Å². The fourth-order valence-corrected chi connectivity index (χ4v) is 8.31. The van der Waals surface area contributed by atoms with Crippen molar-refractivity contribution in [2.24, 2.45) is 28.8 Å². The molecule has 2 bridgehead atoms. The Morgan fingerprint density at radius 3 is 2.41 bits per heavy atom. The number of methoxy groups -OCH3 is 1. The fourth-order valence-electron chi connectivity index (χ4n) is 8.31. The van der Waals surface area contributed by atoms with Gasteiger partial charge >= 0.3 is 5.97 Å². The first-order valence-electron chi connectivity index (χ1n) is 19.3. The van der Waals surface area contributed by atoms with Gasteiger partial charge in [0.15, 0.2) is 12.1 Å². The molecule has 3 fully saturated rings. The molecule has 1 unspecified atom stereocenters. The van der Waals surface area contributed by atoms with Gasteiger partial charge in [0, 0.05) is 42.4 Å². The van der Waals surface area contributed by atoms with Crippen LogP contribution in [0.3, 0.4) is 0 Å². The number of carbonyl (C=O) groups is 2. The SMILES string of the molecule is C=C1[C@H](C)C[C@@]2(C)OC/C(=N/OCc3ccc(C)nc3)CO[C@H]([C@H]1C)[C@](C)(O)[C@@H](CC)OC(=O)C(C)C(=O)[C@H](C)[C@H]2O[C@@H]1O[C@H](C)C[C@H](N(C)C)[C@H]1OC. The van der Waals surface area contributed by atoms with E-state index in [9.17, 15) is 14.7 Å². The quantitative estimate of drug-likeness (QED) is 0.164. The van der Waals surface area contributed by atoms with E-state index >= 15 is 0 Å². The number of nitrogens with zero attached hydrogens (tertiary/aromatic N) is 3.